The Morgan fingerprint density at radius 2 is 1.57 bits per heavy atom. The van der Waals surface area contributed by atoms with Crippen molar-refractivity contribution in [3.8, 4) is 0 Å². The van der Waals surface area contributed by atoms with E-state index in [2.05, 4.69) is 83.7 Å². The number of nitrogens with zero attached hydrogens (tertiary/aromatic N) is 3. The number of carbonyl (C=O) groups excluding carboxylic acids is 1. The van der Waals surface area contributed by atoms with Crippen molar-refractivity contribution in [2.45, 2.75) is 38.9 Å². The minimum absolute atomic E-state index is 0.251. The Kier molecular flexibility index (Phi) is 3.70. The van der Waals surface area contributed by atoms with Crippen molar-refractivity contribution in [1.29, 1.82) is 0 Å². The first-order valence-corrected chi connectivity index (χ1v) is 11.1. The minimum Gasteiger partial charge on any atom is -0.345 e. The van der Waals surface area contributed by atoms with Crippen LogP contribution in [0.5, 0.6) is 0 Å². The zero-order valence-corrected chi connectivity index (χ0v) is 18.1. The second-order valence-corrected chi connectivity index (χ2v) is 9.78. The monoisotopic (exact) mass is 399 g/mol. The lowest BCUT2D eigenvalue weighted by Gasteiger charge is -2.65. The summed E-state index contributed by atoms with van der Waals surface area (Å²) in [7, 11) is 0. The van der Waals surface area contributed by atoms with Crippen LogP contribution in [-0.2, 0) is 16.8 Å². The molecule has 4 fully saturated rings. The molecule has 4 nitrogen and oxygen atoms in total. The maximum atomic E-state index is 13.7. The summed E-state index contributed by atoms with van der Waals surface area (Å²) in [6.45, 7) is 11.0. The fourth-order valence-electron chi connectivity index (χ4n) is 6.87. The average molecular weight is 400 g/mol. The molecule has 0 aliphatic carbocycles. The summed E-state index contributed by atoms with van der Waals surface area (Å²) < 4.78 is 2.44. The molecule has 3 aromatic rings. The molecular weight excluding hydrogens is 370 g/mol. The lowest BCUT2D eigenvalue weighted by molar-refractivity contribution is -0.185. The molecule has 2 unspecified atom stereocenters. The van der Waals surface area contributed by atoms with Crippen molar-refractivity contribution in [2.75, 3.05) is 26.2 Å². The smallest absolute Gasteiger partial charge is 0.154 e. The molecule has 0 spiro atoms. The first kappa shape index (κ1) is 18.3. The largest absolute Gasteiger partial charge is 0.345 e. The Balaban J connectivity index is 1.52. The van der Waals surface area contributed by atoms with Gasteiger partial charge in [0.25, 0.3) is 0 Å². The topological polar surface area (TPSA) is 28.5 Å². The quantitative estimate of drug-likeness (QED) is 0.663. The van der Waals surface area contributed by atoms with Gasteiger partial charge in [-0.3, -0.25) is 14.6 Å². The molecule has 4 aliphatic heterocycles. The van der Waals surface area contributed by atoms with Gasteiger partial charge in [-0.25, -0.2) is 0 Å². The fraction of sp³-hybridized carbons (Fsp3) is 0.423. The van der Waals surface area contributed by atoms with Crippen molar-refractivity contribution in [2.24, 2.45) is 5.41 Å². The van der Waals surface area contributed by atoms with Crippen LogP contribution < -0.4 is 0 Å². The molecule has 1 aromatic heterocycles. The number of aromatic nitrogens is 1. The number of ketones is 1. The summed E-state index contributed by atoms with van der Waals surface area (Å²) in [5.74, 6) is 0.444. The van der Waals surface area contributed by atoms with Gasteiger partial charge in [0.15, 0.2) is 5.78 Å². The van der Waals surface area contributed by atoms with Gasteiger partial charge < -0.3 is 4.57 Å². The summed E-state index contributed by atoms with van der Waals surface area (Å²) in [6, 6.07) is 19.3. The summed E-state index contributed by atoms with van der Waals surface area (Å²) in [5, 5.41) is 1.36. The van der Waals surface area contributed by atoms with Gasteiger partial charge in [0.1, 0.15) is 0 Å². The van der Waals surface area contributed by atoms with Crippen molar-refractivity contribution >= 4 is 16.7 Å². The van der Waals surface area contributed by atoms with Gasteiger partial charge in [-0.05, 0) is 25.5 Å². The molecule has 0 radical (unpaired) electrons. The van der Waals surface area contributed by atoms with Gasteiger partial charge in [0, 0.05) is 54.9 Å². The normalized spacial score (nSPS) is 34.8. The highest BCUT2D eigenvalue weighted by Crippen LogP contribution is 2.54. The Morgan fingerprint density at radius 3 is 2.23 bits per heavy atom. The Hall–Kier alpha value is -2.43. The third-order valence-corrected chi connectivity index (χ3v) is 7.91. The zero-order chi connectivity index (χ0) is 20.7. The Bertz CT molecular complexity index is 1150. The van der Waals surface area contributed by atoms with Crippen LogP contribution in [-0.4, -0.2) is 46.3 Å². The minimum atomic E-state index is -0.403. The molecule has 0 amide bonds. The molecule has 0 N–H and O–H groups in total. The van der Waals surface area contributed by atoms with E-state index in [9.17, 15) is 4.79 Å². The fourth-order valence-corrected chi connectivity index (χ4v) is 6.87. The SMILES string of the molecule is CCn1c(C)c(C2N3CC4(C)CN2CC(c2ccccc2)(C3)C4=O)c2ccccc21. The van der Waals surface area contributed by atoms with Gasteiger partial charge in [-0.2, -0.15) is 0 Å². The van der Waals surface area contributed by atoms with E-state index in [1.54, 1.807) is 0 Å². The van der Waals surface area contributed by atoms with Crippen molar-refractivity contribution < 1.29 is 4.79 Å². The molecule has 5 heterocycles. The van der Waals surface area contributed by atoms with Crippen molar-refractivity contribution in [3.63, 3.8) is 0 Å². The van der Waals surface area contributed by atoms with Crippen LogP contribution in [0.15, 0.2) is 54.6 Å². The first-order chi connectivity index (χ1) is 14.5. The molecule has 7 rings (SSSR count). The van der Waals surface area contributed by atoms with E-state index in [1.807, 2.05) is 6.07 Å². The number of hydrogen-bond acceptors (Lipinski definition) is 3. The summed E-state index contributed by atoms with van der Waals surface area (Å²) in [5.41, 5.74) is 4.61. The highest BCUT2D eigenvalue weighted by Gasteiger charge is 2.64. The van der Waals surface area contributed by atoms with Gasteiger partial charge in [-0.15, -0.1) is 0 Å². The van der Waals surface area contributed by atoms with E-state index in [0.717, 1.165) is 32.7 Å². The van der Waals surface area contributed by atoms with Crippen LogP contribution in [0, 0.1) is 12.3 Å². The second kappa shape index (κ2) is 6.05. The molecule has 4 bridgehead atoms. The first-order valence-electron chi connectivity index (χ1n) is 11.1. The number of fused-ring (bicyclic) bond motifs is 1. The lowest BCUT2D eigenvalue weighted by Crippen LogP contribution is -2.77. The van der Waals surface area contributed by atoms with E-state index < -0.39 is 5.41 Å². The molecule has 2 atom stereocenters. The maximum absolute atomic E-state index is 13.7. The molecular formula is C26H29N3O. The number of piperidine rings is 2. The van der Waals surface area contributed by atoms with Gasteiger partial charge in [-0.1, -0.05) is 55.5 Å². The second-order valence-electron chi connectivity index (χ2n) is 9.78. The summed E-state index contributed by atoms with van der Waals surface area (Å²) in [4.78, 5) is 18.9. The van der Waals surface area contributed by atoms with E-state index in [-0.39, 0.29) is 11.6 Å². The van der Waals surface area contributed by atoms with Crippen LogP contribution in [0.4, 0.5) is 0 Å². The van der Waals surface area contributed by atoms with Crippen molar-refractivity contribution in [3.05, 3.63) is 71.4 Å². The van der Waals surface area contributed by atoms with Crippen LogP contribution in [0.25, 0.3) is 10.9 Å². The summed E-state index contributed by atoms with van der Waals surface area (Å²) in [6.07, 6.45) is 0.251. The van der Waals surface area contributed by atoms with Crippen LogP contribution >= 0.6 is 0 Å². The number of aryl methyl sites for hydroxylation is 1. The molecule has 4 heteroatoms. The molecule has 2 aromatic carbocycles. The molecule has 30 heavy (non-hydrogen) atoms. The molecule has 0 saturated carbocycles. The maximum Gasteiger partial charge on any atom is 0.154 e. The number of benzene rings is 2. The highest BCUT2D eigenvalue weighted by atomic mass is 16.1. The van der Waals surface area contributed by atoms with E-state index >= 15 is 0 Å². The van der Waals surface area contributed by atoms with Crippen molar-refractivity contribution in [1.82, 2.24) is 14.4 Å². The Morgan fingerprint density at radius 1 is 0.933 bits per heavy atom. The van der Waals surface area contributed by atoms with Crippen LogP contribution in [0.1, 0.15) is 36.8 Å². The Labute approximate surface area is 178 Å². The van der Waals surface area contributed by atoms with E-state index in [0.29, 0.717) is 5.78 Å². The molecule has 154 valence electrons. The van der Waals surface area contributed by atoms with E-state index in [1.165, 1.54) is 27.7 Å². The number of hydrogen-bond donors (Lipinski definition) is 0. The molecule has 4 saturated heterocycles. The zero-order valence-electron chi connectivity index (χ0n) is 18.1. The summed E-state index contributed by atoms with van der Waals surface area (Å²) >= 11 is 0. The number of Topliss-reactive ketones (excluding diaryl/α,β-unsaturated/α-hetero) is 1. The van der Waals surface area contributed by atoms with Gasteiger partial charge >= 0.3 is 0 Å². The number of carbonyl (C=O) groups is 1. The predicted octanol–water partition coefficient (Wildman–Crippen LogP) is 4.13. The third kappa shape index (κ3) is 2.16. The van der Waals surface area contributed by atoms with E-state index in [4.69, 9.17) is 0 Å². The van der Waals surface area contributed by atoms with Crippen LogP contribution in [0.2, 0.25) is 0 Å². The molecule has 4 aliphatic rings. The highest BCUT2D eigenvalue weighted by molar-refractivity contribution is 5.98. The lowest BCUT2D eigenvalue weighted by atomic mass is 9.58. The number of rotatable bonds is 3. The predicted molar refractivity (Wildman–Crippen MR) is 119 cm³/mol. The van der Waals surface area contributed by atoms with Gasteiger partial charge in [0.05, 0.1) is 17.0 Å². The van der Waals surface area contributed by atoms with Gasteiger partial charge in [0.2, 0.25) is 0 Å². The third-order valence-electron chi connectivity index (χ3n) is 7.91. The average Bonchev–Trinajstić information content (AvgIpc) is 3.03. The van der Waals surface area contributed by atoms with Crippen LogP contribution in [0.3, 0.4) is 0 Å². The standard InChI is InChI=1S/C26H29N3O/c1-4-29-18(2)22(20-12-8-9-13-21(20)29)23-27-14-25(3)15-28(23)17-26(16-27,24(25)30)19-10-6-5-7-11-19/h5-13,23H,4,14-17H2,1-3H3. The number of para-hydroxylation sites is 1.